The van der Waals surface area contributed by atoms with Crippen molar-refractivity contribution in [2.75, 3.05) is 0 Å². The van der Waals surface area contributed by atoms with Gasteiger partial charge in [-0.25, -0.2) is 14.2 Å². The van der Waals surface area contributed by atoms with Crippen molar-refractivity contribution in [1.82, 2.24) is 9.97 Å². The van der Waals surface area contributed by atoms with Crippen LogP contribution in [0.25, 0.3) is 34.0 Å². The number of H-pyrrole nitrogens is 1. The Balaban J connectivity index is 1.68. The van der Waals surface area contributed by atoms with Crippen LogP contribution in [-0.4, -0.2) is 21.0 Å². The number of carboxylic acids is 1. The van der Waals surface area contributed by atoms with E-state index in [9.17, 15) is 14.4 Å². The fourth-order valence-electron chi connectivity index (χ4n) is 2.80. The summed E-state index contributed by atoms with van der Waals surface area (Å²) in [5.74, 6) is -0.253. The predicted octanol–water partition coefficient (Wildman–Crippen LogP) is 4.72. The largest absolute Gasteiger partial charge is 0.478 e. The molecule has 0 saturated carbocycles. The zero-order valence-corrected chi connectivity index (χ0v) is 14.3. The van der Waals surface area contributed by atoms with Gasteiger partial charge in [-0.15, -0.1) is 0 Å². The van der Waals surface area contributed by atoms with E-state index in [1.165, 1.54) is 36.4 Å². The van der Waals surface area contributed by atoms with Gasteiger partial charge in [-0.05, 0) is 42.5 Å². The van der Waals surface area contributed by atoms with Crippen LogP contribution in [0.15, 0.2) is 59.0 Å². The normalized spacial score (nSPS) is 11.5. The Hall–Kier alpha value is -4.18. The summed E-state index contributed by atoms with van der Waals surface area (Å²) in [5, 5.41) is 18.6. The average Bonchev–Trinajstić information content (AvgIpc) is 3.32. The van der Waals surface area contributed by atoms with E-state index in [0.29, 0.717) is 33.9 Å². The molecule has 0 atom stereocenters. The van der Waals surface area contributed by atoms with Crippen molar-refractivity contribution in [3.8, 4) is 17.4 Å². The SMILES string of the molecule is N#C/C(=C\c1ccc(-c2cccc(C(=O)O)c2)o1)c1nc2ccc(F)cc2[nH]1. The number of aromatic amines is 1. The molecule has 4 rings (SSSR count). The lowest BCUT2D eigenvalue weighted by atomic mass is 10.1. The monoisotopic (exact) mass is 373 g/mol. The maximum Gasteiger partial charge on any atom is 0.335 e. The minimum Gasteiger partial charge on any atom is -0.478 e. The van der Waals surface area contributed by atoms with E-state index in [2.05, 4.69) is 16.0 Å². The molecule has 2 aromatic carbocycles. The molecule has 0 bridgehead atoms. The van der Waals surface area contributed by atoms with E-state index in [4.69, 9.17) is 9.52 Å². The Morgan fingerprint density at radius 1 is 1.21 bits per heavy atom. The Labute approximate surface area is 158 Å². The van der Waals surface area contributed by atoms with Gasteiger partial charge < -0.3 is 14.5 Å². The molecular weight excluding hydrogens is 361 g/mol. The van der Waals surface area contributed by atoms with Gasteiger partial charge in [0, 0.05) is 11.6 Å². The number of allylic oxidation sites excluding steroid dienone is 1. The zero-order chi connectivity index (χ0) is 19.7. The molecule has 0 unspecified atom stereocenters. The Morgan fingerprint density at radius 3 is 2.86 bits per heavy atom. The van der Waals surface area contributed by atoms with Crippen LogP contribution < -0.4 is 0 Å². The highest BCUT2D eigenvalue weighted by Crippen LogP contribution is 2.26. The molecule has 2 heterocycles. The summed E-state index contributed by atoms with van der Waals surface area (Å²) in [5.41, 5.74) is 2.01. The number of aromatic carboxylic acids is 1. The second-order valence-electron chi connectivity index (χ2n) is 6.00. The first-order valence-electron chi connectivity index (χ1n) is 8.24. The van der Waals surface area contributed by atoms with Gasteiger partial charge >= 0.3 is 5.97 Å². The van der Waals surface area contributed by atoms with Gasteiger partial charge in [-0.2, -0.15) is 5.26 Å². The number of imidazole rings is 1. The molecule has 7 heteroatoms. The van der Waals surface area contributed by atoms with E-state index in [-0.39, 0.29) is 11.1 Å². The van der Waals surface area contributed by atoms with E-state index in [1.807, 2.05) is 0 Å². The fourth-order valence-corrected chi connectivity index (χ4v) is 2.80. The van der Waals surface area contributed by atoms with Crippen LogP contribution in [0.4, 0.5) is 4.39 Å². The molecule has 0 aliphatic rings. The maximum atomic E-state index is 13.3. The standard InChI is InChI=1S/C21H12FN3O3/c22-15-4-6-17-18(10-15)25-20(24-17)14(11-23)9-16-5-7-19(28-16)12-2-1-3-13(8-12)21(26)27/h1-10H,(H,24,25)(H,26,27)/b14-9+. The van der Waals surface area contributed by atoms with Gasteiger partial charge in [0.05, 0.1) is 22.2 Å². The lowest BCUT2D eigenvalue weighted by Crippen LogP contribution is -1.95. The molecule has 2 N–H and O–H groups in total. The predicted molar refractivity (Wildman–Crippen MR) is 101 cm³/mol. The van der Waals surface area contributed by atoms with Crippen molar-refractivity contribution >= 4 is 28.7 Å². The topological polar surface area (TPSA) is 103 Å². The minimum absolute atomic E-state index is 0.151. The van der Waals surface area contributed by atoms with Crippen LogP contribution in [0.2, 0.25) is 0 Å². The number of fused-ring (bicyclic) bond motifs is 1. The smallest absolute Gasteiger partial charge is 0.335 e. The summed E-state index contributed by atoms with van der Waals surface area (Å²) in [6, 6.07) is 15.9. The van der Waals surface area contributed by atoms with Crippen molar-refractivity contribution in [2.45, 2.75) is 0 Å². The third kappa shape index (κ3) is 3.27. The molecule has 0 fully saturated rings. The first-order valence-corrected chi connectivity index (χ1v) is 8.24. The van der Waals surface area contributed by atoms with Crippen LogP contribution in [0.3, 0.4) is 0 Å². The molecule has 0 saturated heterocycles. The maximum absolute atomic E-state index is 13.3. The first-order chi connectivity index (χ1) is 13.5. The second-order valence-corrected chi connectivity index (χ2v) is 6.00. The van der Waals surface area contributed by atoms with Crippen LogP contribution in [-0.2, 0) is 0 Å². The van der Waals surface area contributed by atoms with Crippen molar-refractivity contribution in [3.05, 3.63) is 77.6 Å². The number of nitrogens with zero attached hydrogens (tertiary/aromatic N) is 2. The lowest BCUT2D eigenvalue weighted by Gasteiger charge is -1.99. The zero-order valence-electron chi connectivity index (χ0n) is 14.3. The van der Waals surface area contributed by atoms with Gasteiger partial charge in [0.2, 0.25) is 0 Å². The number of nitriles is 1. The van der Waals surface area contributed by atoms with Gasteiger partial charge in [-0.3, -0.25) is 0 Å². The Morgan fingerprint density at radius 2 is 2.07 bits per heavy atom. The number of carboxylic acid groups (broad SMARTS) is 1. The molecule has 0 amide bonds. The number of carbonyl (C=O) groups is 1. The Kier molecular flexibility index (Phi) is 4.22. The second kappa shape index (κ2) is 6.85. The van der Waals surface area contributed by atoms with E-state index < -0.39 is 11.8 Å². The highest BCUT2D eigenvalue weighted by atomic mass is 19.1. The Bertz CT molecular complexity index is 1280. The summed E-state index contributed by atoms with van der Waals surface area (Å²) < 4.78 is 19.1. The van der Waals surface area contributed by atoms with Crippen LogP contribution >= 0.6 is 0 Å². The quantitative estimate of drug-likeness (QED) is 0.504. The summed E-state index contributed by atoms with van der Waals surface area (Å²) in [4.78, 5) is 18.3. The van der Waals surface area contributed by atoms with E-state index in [0.717, 1.165) is 0 Å². The molecule has 0 aliphatic heterocycles. The first kappa shape index (κ1) is 17.2. The molecule has 6 nitrogen and oxygen atoms in total. The molecular formula is C21H12FN3O3. The summed E-state index contributed by atoms with van der Waals surface area (Å²) in [6.07, 6.45) is 1.51. The summed E-state index contributed by atoms with van der Waals surface area (Å²) in [7, 11) is 0. The number of nitrogens with one attached hydrogen (secondary N) is 1. The minimum atomic E-state index is -1.03. The lowest BCUT2D eigenvalue weighted by molar-refractivity contribution is 0.0697. The van der Waals surface area contributed by atoms with Crippen molar-refractivity contribution in [3.63, 3.8) is 0 Å². The van der Waals surface area contributed by atoms with Gasteiger partial charge in [0.15, 0.2) is 0 Å². The molecule has 0 radical (unpaired) electrons. The van der Waals surface area contributed by atoms with Crippen LogP contribution in [0, 0.1) is 17.1 Å². The van der Waals surface area contributed by atoms with Crippen LogP contribution in [0.5, 0.6) is 0 Å². The third-order valence-corrected chi connectivity index (χ3v) is 4.13. The molecule has 136 valence electrons. The van der Waals surface area contributed by atoms with Gasteiger partial charge in [-0.1, -0.05) is 12.1 Å². The van der Waals surface area contributed by atoms with Crippen molar-refractivity contribution in [2.24, 2.45) is 0 Å². The third-order valence-electron chi connectivity index (χ3n) is 4.13. The number of hydrogen-bond donors (Lipinski definition) is 2. The van der Waals surface area contributed by atoms with Crippen molar-refractivity contribution in [1.29, 1.82) is 5.26 Å². The number of rotatable bonds is 4. The highest BCUT2D eigenvalue weighted by Gasteiger charge is 2.11. The van der Waals surface area contributed by atoms with Crippen LogP contribution in [0.1, 0.15) is 21.9 Å². The summed E-state index contributed by atoms with van der Waals surface area (Å²) in [6.45, 7) is 0. The van der Waals surface area contributed by atoms with E-state index >= 15 is 0 Å². The van der Waals surface area contributed by atoms with Crippen molar-refractivity contribution < 1.29 is 18.7 Å². The number of benzene rings is 2. The van der Waals surface area contributed by atoms with E-state index in [1.54, 1.807) is 24.3 Å². The number of hydrogen-bond acceptors (Lipinski definition) is 4. The molecule has 4 aromatic rings. The number of furan rings is 1. The number of halogens is 1. The molecule has 2 aromatic heterocycles. The highest BCUT2D eigenvalue weighted by molar-refractivity contribution is 5.90. The molecule has 0 aliphatic carbocycles. The van der Waals surface area contributed by atoms with Gasteiger partial charge in [0.25, 0.3) is 0 Å². The molecule has 28 heavy (non-hydrogen) atoms. The van der Waals surface area contributed by atoms with Gasteiger partial charge in [0.1, 0.15) is 29.2 Å². The number of aromatic nitrogens is 2. The average molecular weight is 373 g/mol. The molecule has 0 spiro atoms. The fraction of sp³-hybridized carbons (Fsp3) is 0. The summed E-state index contributed by atoms with van der Waals surface area (Å²) >= 11 is 0.